The molecule has 0 radical (unpaired) electrons. The third kappa shape index (κ3) is 4.74. The molecule has 158 valence electrons. The van der Waals surface area contributed by atoms with Gasteiger partial charge in [-0.05, 0) is 50.6 Å². The topological polar surface area (TPSA) is 85.8 Å². The summed E-state index contributed by atoms with van der Waals surface area (Å²) in [5, 5.41) is 11.1. The number of nitrogens with zero attached hydrogens (tertiary/aromatic N) is 4. The summed E-state index contributed by atoms with van der Waals surface area (Å²) in [5.74, 6) is 1.02. The maximum atomic E-state index is 12.6. The van der Waals surface area contributed by atoms with Crippen LogP contribution < -0.4 is 5.32 Å². The number of carbonyl (C=O) groups excluding carboxylic acids is 1. The molecule has 0 saturated carbocycles. The lowest BCUT2D eigenvalue weighted by Gasteiger charge is -2.05. The zero-order valence-corrected chi connectivity index (χ0v) is 19.1. The van der Waals surface area contributed by atoms with Crippen LogP contribution in [0.4, 0.5) is 0 Å². The van der Waals surface area contributed by atoms with E-state index in [4.69, 9.17) is 4.42 Å². The molecule has 2 aromatic carbocycles. The zero-order chi connectivity index (χ0) is 22.0. The maximum absolute atomic E-state index is 12.6. The van der Waals surface area contributed by atoms with Gasteiger partial charge in [-0.1, -0.05) is 51.0 Å². The van der Waals surface area contributed by atoms with Gasteiger partial charge in [-0.15, -0.1) is 5.10 Å². The van der Waals surface area contributed by atoms with E-state index in [1.807, 2.05) is 69.3 Å². The summed E-state index contributed by atoms with van der Waals surface area (Å²) >= 11 is 3.43. The van der Waals surface area contributed by atoms with Crippen molar-refractivity contribution in [2.75, 3.05) is 0 Å². The minimum absolute atomic E-state index is 0.263. The van der Waals surface area contributed by atoms with Crippen molar-refractivity contribution in [1.82, 2.24) is 25.3 Å². The third-order valence-electron chi connectivity index (χ3n) is 5.00. The molecule has 0 aliphatic heterocycles. The lowest BCUT2D eigenvalue weighted by Crippen LogP contribution is -2.24. The monoisotopic (exact) mass is 479 g/mol. The Bertz CT molecular complexity index is 1240. The van der Waals surface area contributed by atoms with Crippen LogP contribution in [-0.2, 0) is 13.1 Å². The first kappa shape index (κ1) is 21.0. The number of benzene rings is 2. The molecule has 0 fully saturated rings. The van der Waals surface area contributed by atoms with E-state index in [0.29, 0.717) is 36.1 Å². The Morgan fingerprint density at radius 3 is 2.71 bits per heavy atom. The van der Waals surface area contributed by atoms with Crippen molar-refractivity contribution in [3.8, 4) is 11.5 Å². The molecule has 2 heterocycles. The quantitative estimate of drug-likeness (QED) is 0.436. The second-order valence-corrected chi connectivity index (χ2v) is 8.30. The first-order valence-electron chi connectivity index (χ1n) is 9.87. The number of oxazole rings is 1. The molecule has 0 bridgehead atoms. The molecular formula is C23H22BrN5O2. The van der Waals surface area contributed by atoms with Crippen LogP contribution in [0, 0.1) is 20.8 Å². The average molecular weight is 480 g/mol. The van der Waals surface area contributed by atoms with Gasteiger partial charge < -0.3 is 9.73 Å². The Morgan fingerprint density at radius 2 is 1.94 bits per heavy atom. The number of hydrogen-bond donors (Lipinski definition) is 1. The van der Waals surface area contributed by atoms with Gasteiger partial charge in [0, 0.05) is 16.6 Å². The van der Waals surface area contributed by atoms with Gasteiger partial charge in [-0.3, -0.25) is 4.79 Å². The number of carbonyl (C=O) groups is 1. The molecule has 4 rings (SSSR count). The Morgan fingerprint density at radius 1 is 1.13 bits per heavy atom. The van der Waals surface area contributed by atoms with E-state index in [-0.39, 0.29) is 5.91 Å². The van der Waals surface area contributed by atoms with Crippen molar-refractivity contribution < 1.29 is 9.21 Å². The minimum atomic E-state index is -0.263. The molecule has 0 atom stereocenters. The second-order valence-electron chi connectivity index (χ2n) is 7.39. The van der Waals surface area contributed by atoms with Gasteiger partial charge >= 0.3 is 0 Å². The van der Waals surface area contributed by atoms with Gasteiger partial charge in [0.2, 0.25) is 5.89 Å². The number of aromatic nitrogens is 4. The van der Waals surface area contributed by atoms with Crippen molar-refractivity contribution in [2.24, 2.45) is 0 Å². The van der Waals surface area contributed by atoms with Gasteiger partial charge in [0.05, 0.1) is 12.2 Å². The predicted molar refractivity (Wildman–Crippen MR) is 121 cm³/mol. The Hall–Kier alpha value is -3.26. The molecule has 0 saturated heterocycles. The lowest BCUT2D eigenvalue weighted by atomic mass is 10.1. The Kier molecular flexibility index (Phi) is 5.99. The highest BCUT2D eigenvalue weighted by molar-refractivity contribution is 9.10. The Balaban J connectivity index is 1.48. The van der Waals surface area contributed by atoms with Crippen LogP contribution in [0.1, 0.15) is 38.8 Å². The molecule has 0 aliphatic carbocycles. The van der Waals surface area contributed by atoms with Crippen molar-refractivity contribution in [1.29, 1.82) is 0 Å². The van der Waals surface area contributed by atoms with Gasteiger partial charge in [0.1, 0.15) is 11.5 Å². The summed E-state index contributed by atoms with van der Waals surface area (Å²) in [5.41, 5.74) is 4.79. The fourth-order valence-electron chi connectivity index (χ4n) is 3.25. The summed E-state index contributed by atoms with van der Waals surface area (Å²) in [6.07, 6.45) is 0. The van der Waals surface area contributed by atoms with Crippen LogP contribution in [0.25, 0.3) is 11.5 Å². The SMILES string of the molecule is Cc1cccc(-c2nc(Cn3nnc(C(=O)NCc4cccc(Br)c4)c3C)c(C)o2)c1. The number of halogens is 1. The van der Waals surface area contributed by atoms with Crippen LogP contribution in [-0.4, -0.2) is 25.9 Å². The van der Waals surface area contributed by atoms with Gasteiger partial charge in [-0.2, -0.15) is 0 Å². The second kappa shape index (κ2) is 8.85. The molecule has 0 unspecified atom stereocenters. The molecule has 7 nitrogen and oxygen atoms in total. The van der Waals surface area contributed by atoms with Gasteiger partial charge in [0.15, 0.2) is 5.69 Å². The minimum Gasteiger partial charge on any atom is -0.441 e. The molecule has 31 heavy (non-hydrogen) atoms. The number of amides is 1. The summed E-state index contributed by atoms with van der Waals surface area (Å²) in [6.45, 7) is 6.51. The predicted octanol–water partition coefficient (Wildman–Crippen LogP) is 4.60. The fraction of sp³-hybridized carbons (Fsp3) is 0.217. The fourth-order valence-corrected chi connectivity index (χ4v) is 3.70. The largest absolute Gasteiger partial charge is 0.441 e. The van der Waals surface area contributed by atoms with Crippen LogP contribution >= 0.6 is 15.9 Å². The zero-order valence-electron chi connectivity index (χ0n) is 17.5. The van der Waals surface area contributed by atoms with E-state index in [2.05, 4.69) is 36.5 Å². The molecule has 1 amide bonds. The molecule has 2 aromatic heterocycles. The van der Waals surface area contributed by atoms with Gasteiger partial charge in [-0.25, -0.2) is 9.67 Å². The van der Waals surface area contributed by atoms with E-state index in [1.165, 1.54) is 0 Å². The summed E-state index contributed by atoms with van der Waals surface area (Å²) < 4.78 is 8.50. The first-order valence-corrected chi connectivity index (χ1v) is 10.7. The summed E-state index contributed by atoms with van der Waals surface area (Å²) in [4.78, 5) is 17.2. The van der Waals surface area contributed by atoms with E-state index in [0.717, 1.165) is 26.9 Å². The van der Waals surface area contributed by atoms with Crippen LogP contribution in [0.3, 0.4) is 0 Å². The summed E-state index contributed by atoms with van der Waals surface area (Å²) in [6, 6.07) is 15.8. The lowest BCUT2D eigenvalue weighted by molar-refractivity contribution is 0.0945. The van der Waals surface area contributed by atoms with E-state index < -0.39 is 0 Å². The van der Waals surface area contributed by atoms with Crippen LogP contribution in [0.15, 0.2) is 57.4 Å². The van der Waals surface area contributed by atoms with Crippen molar-refractivity contribution in [2.45, 2.75) is 33.9 Å². The number of nitrogens with one attached hydrogen (secondary N) is 1. The summed E-state index contributed by atoms with van der Waals surface area (Å²) in [7, 11) is 0. The van der Waals surface area contributed by atoms with Gasteiger partial charge in [0.25, 0.3) is 5.91 Å². The smallest absolute Gasteiger partial charge is 0.274 e. The maximum Gasteiger partial charge on any atom is 0.274 e. The normalized spacial score (nSPS) is 11.0. The highest BCUT2D eigenvalue weighted by Gasteiger charge is 2.19. The highest BCUT2D eigenvalue weighted by Crippen LogP contribution is 2.23. The highest BCUT2D eigenvalue weighted by atomic mass is 79.9. The van der Waals surface area contributed by atoms with Crippen LogP contribution in [0.2, 0.25) is 0 Å². The first-order chi connectivity index (χ1) is 14.9. The number of aryl methyl sites for hydroxylation is 2. The van der Waals surface area contributed by atoms with E-state index >= 15 is 0 Å². The van der Waals surface area contributed by atoms with Crippen molar-refractivity contribution in [3.63, 3.8) is 0 Å². The Labute approximate surface area is 188 Å². The molecule has 4 aromatic rings. The number of hydrogen-bond acceptors (Lipinski definition) is 5. The molecule has 0 aliphatic rings. The van der Waals surface area contributed by atoms with Crippen molar-refractivity contribution in [3.05, 3.63) is 87.0 Å². The molecule has 8 heteroatoms. The van der Waals surface area contributed by atoms with E-state index in [9.17, 15) is 4.79 Å². The van der Waals surface area contributed by atoms with E-state index in [1.54, 1.807) is 4.68 Å². The standard InChI is InChI=1S/C23H22BrN5O2/c1-14-6-4-8-18(10-14)23-26-20(16(3)31-23)13-29-15(2)21(27-28-29)22(30)25-12-17-7-5-9-19(24)11-17/h4-11H,12-13H2,1-3H3,(H,25,30). The van der Waals surface area contributed by atoms with Crippen molar-refractivity contribution >= 4 is 21.8 Å². The average Bonchev–Trinajstić information content (AvgIpc) is 3.29. The van der Waals surface area contributed by atoms with Crippen LogP contribution in [0.5, 0.6) is 0 Å². The molecule has 1 N–H and O–H groups in total. The number of rotatable bonds is 6. The molecule has 0 spiro atoms. The molecular weight excluding hydrogens is 458 g/mol. The third-order valence-corrected chi connectivity index (χ3v) is 5.49.